The van der Waals surface area contributed by atoms with Gasteiger partial charge in [-0.25, -0.2) is 4.68 Å². The van der Waals surface area contributed by atoms with Crippen molar-refractivity contribution in [3.63, 3.8) is 0 Å². The molecule has 1 fully saturated rings. The van der Waals surface area contributed by atoms with Crippen LogP contribution in [-0.2, 0) is 6.54 Å². The monoisotopic (exact) mass is 338 g/mol. The molecule has 0 aliphatic carbocycles. The molecule has 1 aliphatic heterocycles. The number of likely N-dealkylation sites (tertiary alicyclic amines) is 1. The van der Waals surface area contributed by atoms with Crippen LogP contribution in [0, 0.1) is 6.92 Å². The molecule has 0 spiro atoms. The Morgan fingerprint density at radius 2 is 2.24 bits per heavy atom. The van der Waals surface area contributed by atoms with Gasteiger partial charge in [0.05, 0.1) is 24.5 Å². The zero-order valence-electron chi connectivity index (χ0n) is 14.6. The molecule has 6 nitrogen and oxygen atoms in total. The van der Waals surface area contributed by atoms with Gasteiger partial charge < -0.3 is 9.26 Å². The lowest BCUT2D eigenvalue weighted by Gasteiger charge is -2.24. The van der Waals surface area contributed by atoms with Gasteiger partial charge in [-0.3, -0.25) is 4.90 Å². The minimum absolute atomic E-state index is 0.276. The molecule has 1 atom stereocenters. The Morgan fingerprint density at radius 3 is 2.96 bits per heavy atom. The molecule has 25 heavy (non-hydrogen) atoms. The predicted molar refractivity (Wildman–Crippen MR) is 93.7 cm³/mol. The lowest BCUT2D eigenvalue weighted by atomic mass is 10.1. The largest absolute Gasteiger partial charge is 0.497 e. The average Bonchev–Trinajstić information content (AvgIpc) is 3.36. The van der Waals surface area contributed by atoms with Crippen molar-refractivity contribution in [3.05, 3.63) is 59.7 Å². The van der Waals surface area contributed by atoms with Crippen LogP contribution >= 0.6 is 0 Å². The van der Waals surface area contributed by atoms with Gasteiger partial charge in [0, 0.05) is 25.0 Å². The van der Waals surface area contributed by atoms with Crippen molar-refractivity contribution < 1.29 is 9.26 Å². The lowest BCUT2D eigenvalue weighted by Crippen LogP contribution is -2.23. The zero-order valence-corrected chi connectivity index (χ0v) is 14.6. The van der Waals surface area contributed by atoms with Crippen LogP contribution in [0.1, 0.15) is 35.9 Å². The van der Waals surface area contributed by atoms with Gasteiger partial charge in [0.25, 0.3) is 0 Å². The Morgan fingerprint density at radius 1 is 1.32 bits per heavy atom. The van der Waals surface area contributed by atoms with Gasteiger partial charge >= 0.3 is 0 Å². The van der Waals surface area contributed by atoms with Gasteiger partial charge in [0.15, 0.2) is 5.76 Å². The highest BCUT2D eigenvalue weighted by Gasteiger charge is 2.29. The van der Waals surface area contributed by atoms with Crippen LogP contribution in [0.4, 0.5) is 0 Å². The van der Waals surface area contributed by atoms with Gasteiger partial charge in [-0.2, -0.15) is 5.10 Å². The normalized spacial score (nSPS) is 17.9. The second-order valence-corrected chi connectivity index (χ2v) is 6.44. The topological polar surface area (TPSA) is 56.3 Å². The fraction of sp³-hybridized carbons (Fsp3) is 0.368. The van der Waals surface area contributed by atoms with E-state index in [2.05, 4.69) is 27.3 Å². The summed E-state index contributed by atoms with van der Waals surface area (Å²) >= 11 is 0. The summed E-state index contributed by atoms with van der Waals surface area (Å²) in [6, 6.07) is 10.4. The Hall–Kier alpha value is -2.60. The number of hydrogen-bond acceptors (Lipinski definition) is 5. The number of methoxy groups -OCH3 is 1. The molecule has 130 valence electrons. The van der Waals surface area contributed by atoms with E-state index in [1.54, 1.807) is 13.3 Å². The molecule has 0 radical (unpaired) electrons. The van der Waals surface area contributed by atoms with Crippen LogP contribution in [0.3, 0.4) is 0 Å². The molecule has 1 aromatic carbocycles. The first-order valence-electron chi connectivity index (χ1n) is 8.59. The van der Waals surface area contributed by atoms with E-state index in [1.807, 2.05) is 36.0 Å². The van der Waals surface area contributed by atoms with Crippen molar-refractivity contribution in [1.82, 2.24) is 19.8 Å². The van der Waals surface area contributed by atoms with E-state index >= 15 is 0 Å². The third-order valence-corrected chi connectivity index (χ3v) is 4.75. The maximum absolute atomic E-state index is 5.53. The molecule has 3 heterocycles. The number of nitrogens with zero attached hydrogens (tertiary/aromatic N) is 4. The number of hydrogen-bond donors (Lipinski definition) is 0. The second-order valence-electron chi connectivity index (χ2n) is 6.44. The van der Waals surface area contributed by atoms with Crippen LogP contribution < -0.4 is 4.74 Å². The fourth-order valence-corrected chi connectivity index (χ4v) is 3.55. The third kappa shape index (κ3) is 3.17. The SMILES string of the molecule is COc1ccc(-n2cccn2)c(CN2CCC[C@@H]2c2cc(C)no2)c1. The van der Waals surface area contributed by atoms with Crippen LogP contribution in [-0.4, -0.2) is 33.5 Å². The number of aryl methyl sites for hydroxylation is 1. The Bertz CT molecular complexity index is 841. The second kappa shape index (κ2) is 6.72. The van der Waals surface area contributed by atoms with Crippen molar-refractivity contribution in [2.45, 2.75) is 32.4 Å². The molecular formula is C19H22N4O2. The standard InChI is InChI=1S/C19H22N4O2/c1-14-11-19(25-21-14)18-5-3-9-22(18)13-15-12-16(24-2)6-7-17(15)23-10-4-8-20-23/h4,6-8,10-12,18H,3,5,9,13H2,1-2H3/t18-/m1/s1. The highest BCUT2D eigenvalue weighted by atomic mass is 16.5. The summed E-state index contributed by atoms with van der Waals surface area (Å²) in [5.41, 5.74) is 3.19. The Kier molecular flexibility index (Phi) is 4.28. The van der Waals surface area contributed by atoms with E-state index in [0.29, 0.717) is 0 Å². The Balaban J connectivity index is 1.65. The van der Waals surface area contributed by atoms with Crippen LogP contribution in [0.5, 0.6) is 5.75 Å². The maximum atomic E-state index is 5.53. The van der Waals surface area contributed by atoms with E-state index in [9.17, 15) is 0 Å². The van der Waals surface area contributed by atoms with Crippen molar-refractivity contribution in [1.29, 1.82) is 0 Å². The van der Waals surface area contributed by atoms with Crippen LogP contribution in [0.15, 0.2) is 47.2 Å². The average molecular weight is 338 g/mol. The number of aromatic nitrogens is 3. The summed E-state index contributed by atoms with van der Waals surface area (Å²) in [6.07, 6.45) is 6.01. The molecule has 2 aromatic heterocycles. The number of benzene rings is 1. The maximum Gasteiger partial charge on any atom is 0.154 e. The van der Waals surface area contributed by atoms with Gasteiger partial charge in [0.2, 0.25) is 0 Å². The first-order chi connectivity index (χ1) is 12.2. The molecule has 3 aromatic rings. The van der Waals surface area contributed by atoms with Gasteiger partial charge in [-0.1, -0.05) is 5.16 Å². The number of rotatable bonds is 5. The predicted octanol–water partition coefficient (Wildman–Crippen LogP) is 3.51. The fourth-order valence-electron chi connectivity index (χ4n) is 3.55. The summed E-state index contributed by atoms with van der Waals surface area (Å²) in [5.74, 6) is 1.82. The summed E-state index contributed by atoms with van der Waals surface area (Å²) in [7, 11) is 1.70. The van der Waals surface area contributed by atoms with Gasteiger partial charge in [-0.15, -0.1) is 0 Å². The molecule has 1 saturated heterocycles. The number of ether oxygens (including phenoxy) is 1. The third-order valence-electron chi connectivity index (χ3n) is 4.75. The van der Waals surface area contributed by atoms with Crippen molar-refractivity contribution >= 4 is 0 Å². The molecule has 4 rings (SSSR count). The minimum atomic E-state index is 0.276. The van der Waals surface area contributed by atoms with E-state index in [-0.39, 0.29) is 6.04 Å². The smallest absolute Gasteiger partial charge is 0.154 e. The van der Waals surface area contributed by atoms with Crippen LogP contribution in [0.25, 0.3) is 5.69 Å². The molecule has 0 unspecified atom stereocenters. The highest BCUT2D eigenvalue weighted by molar-refractivity contribution is 5.45. The van der Waals surface area contributed by atoms with Crippen molar-refractivity contribution in [3.8, 4) is 11.4 Å². The van der Waals surface area contributed by atoms with E-state index < -0.39 is 0 Å². The molecule has 0 bridgehead atoms. The summed E-state index contributed by atoms with van der Waals surface area (Å²) in [6.45, 7) is 3.82. The first-order valence-corrected chi connectivity index (χ1v) is 8.59. The zero-order chi connectivity index (χ0) is 17.2. The molecule has 6 heteroatoms. The minimum Gasteiger partial charge on any atom is -0.497 e. The molecule has 0 amide bonds. The molecule has 1 aliphatic rings. The highest BCUT2D eigenvalue weighted by Crippen LogP contribution is 2.34. The first kappa shape index (κ1) is 15.9. The molecular weight excluding hydrogens is 316 g/mol. The summed E-state index contributed by atoms with van der Waals surface area (Å²) in [5, 5.41) is 8.44. The summed E-state index contributed by atoms with van der Waals surface area (Å²) in [4.78, 5) is 2.45. The Labute approximate surface area is 147 Å². The van der Waals surface area contributed by atoms with E-state index in [4.69, 9.17) is 9.26 Å². The van der Waals surface area contributed by atoms with Crippen molar-refractivity contribution in [2.24, 2.45) is 0 Å². The van der Waals surface area contributed by atoms with E-state index in [1.165, 1.54) is 5.56 Å². The summed E-state index contributed by atoms with van der Waals surface area (Å²) < 4.78 is 12.9. The molecule has 0 N–H and O–H groups in total. The van der Waals surface area contributed by atoms with Gasteiger partial charge in [0.1, 0.15) is 5.75 Å². The van der Waals surface area contributed by atoms with Gasteiger partial charge in [-0.05, 0) is 56.1 Å². The van der Waals surface area contributed by atoms with Crippen LogP contribution in [0.2, 0.25) is 0 Å². The van der Waals surface area contributed by atoms with Crippen molar-refractivity contribution in [2.75, 3.05) is 13.7 Å². The lowest BCUT2D eigenvalue weighted by molar-refractivity contribution is 0.206. The molecule has 0 saturated carbocycles. The quantitative estimate of drug-likeness (QED) is 0.712. The van der Waals surface area contributed by atoms with E-state index in [0.717, 1.165) is 48.8 Å².